The third-order valence-electron chi connectivity index (χ3n) is 4.97. The van der Waals surface area contributed by atoms with Crippen LogP contribution in [0.2, 0.25) is 5.02 Å². The maximum Gasteiger partial charge on any atom is 0.304 e. The van der Waals surface area contributed by atoms with Gasteiger partial charge in [0.05, 0.1) is 5.69 Å². The molecule has 0 saturated carbocycles. The SMILES string of the molecule is CC(C(=O)NC(C)(C)C)N(Cc1cccc(Cl)c1)C(=O)CN(c1ccccc1)S(=O)(=O)N(C)C. The lowest BCUT2D eigenvalue weighted by atomic mass is 10.1. The fourth-order valence-corrected chi connectivity index (χ4v) is 4.47. The van der Waals surface area contributed by atoms with Gasteiger partial charge in [-0.1, -0.05) is 41.9 Å². The fraction of sp³-hybridized carbons (Fsp3) is 0.417. The average Bonchev–Trinajstić information content (AvgIpc) is 2.74. The lowest BCUT2D eigenvalue weighted by Crippen LogP contribution is -2.54. The van der Waals surface area contributed by atoms with Crippen LogP contribution >= 0.6 is 11.6 Å². The van der Waals surface area contributed by atoms with Gasteiger partial charge in [-0.3, -0.25) is 9.59 Å². The molecule has 0 aliphatic carbocycles. The van der Waals surface area contributed by atoms with Crippen LogP contribution in [0, 0.1) is 0 Å². The van der Waals surface area contributed by atoms with Gasteiger partial charge in [-0.15, -0.1) is 0 Å². The summed E-state index contributed by atoms with van der Waals surface area (Å²) in [5.41, 5.74) is 0.567. The number of carbonyl (C=O) groups is 2. The van der Waals surface area contributed by atoms with Gasteiger partial charge in [0.2, 0.25) is 11.8 Å². The average molecular weight is 509 g/mol. The van der Waals surface area contributed by atoms with E-state index in [1.807, 2.05) is 20.8 Å². The molecule has 1 atom stereocenters. The molecule has 34 heavy (non-hydrogen) atoms. The van der Waals surface area contributed by atoms with Gasteiger partial charge in [-0.2, -0.15) is 12.7 Å². The Kier molecular flexibility index (Phi) is 9.10. The highest BCUT2D eigenvalue weighted by Gasteiger charge is 2.33. The molecule has 0 aliphatic heterocycles. The Labute approximate surface area is 207 Å². The number of amides is 2. The number of hydrogen-bond donors (Lipinski definition) is 1. The lowest BCUT2D eigenvalue weighted by Gasteiger charge is -2.34. The van der Waals surface area contributed by atoms with Gasteiger partial charge in [0.25, 0.3) is 0 Å². The Bertz CT molecular complexity index is 1100. The lowest BCUT2D eigenvalue weighted by molar-refractivity contribution is -0.140. The number of carbonyl (C=O) groups excluding carboxylic acids is 2. The molecule has 2 amide bonds. The van der Waals surface area contributed by atoms with E-state index < -0.39 is 34.2 Å². The first-order valence-corrected chi connectivity index (χ1v) is 12.6. The monoisotopic (exact) mass is 508 g/mol. The molecule has 2 aromatic carbocycles. The smallest absolute Gasteiger partial charge is 0.304 e. The first-order valence-electron chi connectivity index (χ1n) is 10.8. The Hall–Kier alpha value is -2.62. The summed E-state index contributed by atoms with van der Waals surface area (Å²) in [6.45, 7) is 6.78. The molecular weight excluding hydrogens is 476 g/mol. The van der Waals surface area contributed by atoms with Crippen LogP contribution in [0.3, 0.4) is 0 Å². The molecule has 2 aromatic rings. The summed E-state index contributed by atoms with van der Waals surface area (Å²) in [5.74, 6) is -0.865. The topological polar surface area (TPSA) is 90.0 Å². The molecule has 2 rings (SSSR count). The highest BCUT2D eigenvalue weighted by atomic mass is 35.5. The molecule has 1 N–H and O–H groups in total. The maximum absolute atomic E-state index is 13.6. The van der Waals surface area contributed by atoms with Crippen LogP contribution in [0.4, 0.5) is 5.69 Å². The highest BCUT2D eigenvalue weighted by Crippen LogP contribution is 2.21. The van der Waals surface area contributed by atoms with Gasteiger partial charge >= 0.3 is 10.2 Å². The number of benzene rings is 2. The zero-order valence-electron chi connectivity index (χ0n) is 20.4. The second-order valence-corrected chi connectivity index (χ2v) is 11.7. The normalized spacial score (nSPS) is 12.8. The van der Waals surface area contributed by atoms with Crippen molar-refractivity contribution in [2.75, 3.05) is 24.9 Å². The minimum Gasteiger partial charge on any atom is -0.350 e. The molecular formula is C24H33ClN4O4S. The molecule has 0 heterocycles. The molecule has 10 heteroatoms. The van der Waals surface area contributed by atoms with Crippen LogP contribution in [0.15, 0.2) is 54.6 Å². The zero-order chi connectivity index (χ0) is 25.7. The van der Waals surface area contributed by atoms with Crippen LogP contribution in [0.5, 0.6) is 0 Å². The fourth-order valence-electron chi connectivity index (χ4n) is 3.20. The van der Waals surface area contributed by atoms with E-state index >= 15 is 0 Å². The summed E-state index contributed by atoms with van der Waals surface area (Å²) in [5, 5.41) is 3.38. The molecule has 0 radical (unpaired) electrons. The summed E-state index contributed by atoms with van der Waals surface area (Å²) >= 11 is 6.12. The standard InChI is InChI=1S/C24H33ClN4O4S/c1-18(23(31)26-24(2,3)4)28(16-19-11-10-12-20(25)15-19)22(30)17-29(34(32,33)27(5)6)21-13-8-7-9-14-21/h7-15,18H,16-17H2,1-6H3,(H,26,31). The molecule has 0 fully saturated rings. The summed E-state index contributed by atoms with van der Waals surface area (Å²) < 4.78 is 28.2. The Morgan fingerprint density at radius 1 is 1.03 bits per heavy atom. The highest BCUT2D eigenvalue weighted by molar-refractivity contribution is 7.90. The summed E-state index contributed by atoms with van der Waals surface area (Å²) in [6, 6.07) is 14.5. The Balaban J connectivity index is 2.44. The van der Waals surface area contributed by atoms with E-state index in [1.54, 1.807) is 61.5 Å². The Morgan fingerprint density at radius 3 is 2.18 bits per heavy atom. The van der Waals surface area contributed by atoms with Crippen LogP contribution in [-0.4, -0.2) is 61.7 Å². The first-order chi connectivity index (χ1) is 15.7. The minimum absolute atomic E-state index is 0.0861. The van der Waals surface area contributed by atoms with Crippen molar-refractivity contribution in [3.8, 4) is 0 Å². The predicted molar refractivity (Wildman–Crippen MR) is 136 cm³/mol. The van der Waals surface area contributed by atoms with Crippen LogP contribution < -0.4 is 9.62 Å². The molecule has 8 nitrogen and oxygen atoms in total. The number of rotatable bonds is 9. The second-order valence-electron chi connectivity index (χ2n) is 9.20. The van der Waals surface area contributed by atoms with Crippen molar-refractivity contribution in [2.45, 2.75) is 45.8 Å². The van der Waals surface area contributed by atoms with Gasteiger partial charge in [-0.05, 0) is 57.5 Å². The largest absolute Gasteiger partial charge is 0.350 e. The quantitative estimate of drug-likeness (QED) is 0.562. The third-order valence-corrected chi connectivity index (χ3v) is 7.03. The van der Waals surface area contributed by atoms with Crippen molar-refractivity contribution >= 4 is 39.3 Å². The molecule has 1 unspecified atom stereocenters. The van der Waals surface area contributed by atoms with E-state index in [1.165, 1.54) is 19.0 Å². The van der Waals surface area contributed by atoms with Crippen LogP contribution in [0.1, 0.15) is 33.3 Å². The summed E-state index contributed by atoms with van der Waals surface area (Å²) in [4.78, 5) is 27.9. The molecule has 0 aliphatic rings. The van der Waals surface area contributed by atoms with Crippen LogP contribution in [0.25, 0.3) is 0 Å². The van der Waals surface area contributed by atoms with E-state index in [-0.39, 0.29) is 12.5 Å². The number of para-hydroxylation sites is 1. The second kappa shape index (κ2) is 11.2. The van der Waals surface area contributed by atoms with E-state index in [0.717, 1.165) is 14.2 Å². The van der Waals surface area contributed by atoms with E-state index in [4.69, 9.17) is 11.6 Å². The van der Waals surface area contributed by atoms with Crippen molar-refractivity contribution in [2.24, 2.45) is 0 Å². The van der Waals surface area contributed by atoms with Gasteiger partial charge in [-0.25, -0.2) is 4.31 Å². The zero-order valence-corrected chi connectivity index (χ0v) is 22.0. The van der Waals surface area contributed by atoms with Gasteiger partial charge in [0.1, 0.15) is 12.6 Å². The number of hydrogen-bond acceptors (Lipinski definition) is 4. The van der Waals surface area contributed by atoms with Crippen molar-refractivity contribution in [1.29, 1.82) is 0 Å². The van der Waals surface area contributed by atoms with E-state index in [9.17, 15) is 18.0 Å². The van der Waals surface area contributed by atoms with Crippen LogP contribution in [-0.2, 0) is 26.3 Å². The number of anilines is 1. The molecule has 0 saturated heterocycles. The number of halogens is 1. The number of nitrogens with one attached hydrogen (secondary N) is 1. The molecule has 0 aromatic heterocycles. The third kappa shape index (κ3) is 7.44. The predicted octanol–water partition coefficient (Wildman–Crippen LogP) is 3.28. The van der Waals surface area contributed by atoms with Crippen molar-refractivity contribution in [1.82, 2.24) is 14.5 Å². The van der Waals surface area contributed by atoms with Gasteiger partial charge < -0.3 is 10.2 Å². The molecule has 0 spiro atoms. The van der Waals surface area contributed by atoms with Gasteiger partial charge in [0, 0.05) is 31.2 Å². The van der Waals surface area contributed by atoms with Gasteiger partial charge in [0.15, 0.2) is 0 Å². The summed E-state index contributed by atoms with van der Waals surface area (Å²) in [6.07, 6.45) is 0. The van der Waals surface area contributed by atoms with E-state index in [2.05, 4.69) is 5.32 Å². The van der Waals surface area contributed by atoms with Crippen molar-refractivity contribution in [3.05, 3.63) is 65.2 Å². The molecule has 0 bridgehead atoms. The van der Waals surface area contributed by atoms with Crippen molar-refractivity contribution in [3.63, 3.8) is 0 Å². The maximum atomic E-state index is 13.6. The first kappa shape index (κ1) is 27.6. The number of nitrogens with zero attached hydrogens (tertiary/aromatic N) is 3. The summed E-state index contributed by atoms with van der Waals surface area (Å²) in [7, 11) is -1.17. The molecule has 186 valence electrons. The van der Waals surface area contributed by atoms with Crippen molar-refractivity contribution < 1.29 is 18.0 Å². The van der Waals surface area contributed by atoms with E-state index in [0.29, 0.717) is 10.7 Å². The Morgan fingerprint density at radius 2 is 1.65 bits per heavy atom. The minimum atomic E-state index is -3.98.